The van der Waals surface area contributed by atoms with E-state index in [0.29, 0.717) is 5.56 Å². The van der Waals surface area contributed by atoms with Gasteiger partial charge in [0.15, 0.2) is 0 Å². The largest absolute Gasteiger partial charge is 0.460 e. The molecule has 0 aliphatic carbocycles. The van der Waals surface area contributed by atoms with Gasteiger partial charge in [-0.05, 0) is 38.5 Å². The van der Waals surface area contributed by atoms with Crippen LogP contribution in [0.4, 0.5) is 4.39 Å². The van der Waals surface area contributed by atoms with E-state index < -0.39 is 5.41 Å². The van der Waals surface area contributed by atoms with Crippen molar-refractivity contribution in [1.29, 1.82) is 0 Å². The molecule has 0 aliphatic heterocycles. The van der Waals surface area contributed by atoms with E-state index in [2.05, 4.69) is 0 Å². The number of esters is 1. The summed E-state index contributed by atoms with van der Waals surface area (Å²) in [5.41, 5.74) is 0.139. The molecular weight excluding hydrogens is 195 g/mol. The lowest BCUT2D eigenvalue weighted by molar-refractivity contribution is -0.154. The van der Waals surface area contributed by atoms with Crippen molar-refractivity contribution in [2.75, 3.05) is 0 Å². The second kappa shape index (κ2) is 4.43. The summed E-state index contributed by atoms with van der Waals surface area (Å²) >= 11 is 0. The maximum atomic E-state index is 12.8. The average molecular weight is 210 g/mol. The Morgan fingerprint density at radius 2 is 2.07 bits per heavy atom. The highest BCUT2D eigenvalue weighted by atomic mass is 19.1. The summed E-state index contributed by atoms with van der Waals surface area (Å²) in [6, 6.07) is 6.03. The first-order chi connectivity index (χ1) is 6.89. The van der Waals surface area contributed by atoms with E-state index in [1.54, 1.807) is 32.9 Å². The van der Waals surface area contributed by atoms with Gasteiger partial charge < -0.3 is 4.74 Å². The minimum atomic E-state index is -0.521. The van der Waals surface area contributed by atoms with E-state index >= 15 is 0 Å². The number of hydrogen-bond donors (Lipinski definition) is 0. The highest BCUT2D eigenvalue weighted by Crippen LogP contribution is 2.16. The van der Waals surface area contributed by atoms with Crippen molar-refractivity contribution >= 4 is 5.97 Å². The molecule has 82 valence electrons. The predicted molar refractivity (Wildman–Crippen MR) is 55.7 cm³/mol. The minimum Gasteiger partial charge on any atom is -0.460 e. The number of hydrogen-bond acceptors (Lipinski definition) is 2. The van der Waals surface area contributed by atoms with Gasteiger partial charge in [0.2, 0.25) is 0 Å². The summed E-state index contributed by atoms with van der Waals surface area (Å²) in [4.78, 5) is 11.4. The zero-order chi connectivity index (χ0) is 11.5. The monoisotopic (exact) mass is 210 g/mol. The van der Waals surface area contributed by atoms with Crippen molar-refractivity contribution in [3.8, 4) is 0 Å². The van der Waals surface area contributed by atoms with Crippen molar-refractivity contribution in [3.63, 3.8) is 0 Å². The molecule has 15 heavy (non-hydrogen) atoms. The van der Waals surface area contributed by atoms with Crippen molar-refractivity contribution in [3.05, 3.63) is 35.6 Å². The van der Waals surface area contributed by atoms with Crippen LogP contribution in [0, 0.1) is 11.2 Å². The number of carbonyl (C=O) groups excluding carboxylic acids is 1. The van der Waals surface area contributed by atoms with E-state index in [4.69, 9.17) is 4.74 Å². The van der Waals surface area contributed by atoms with Crippen molar-refractivity contribution < 1.29 is 13.9 Å². The van der Waals surface area contributed by atoms with Gasteiger partial charge >= 0.3 is 5.97 Å². The Bertz CT molecular complexity index is 353. The third-order valence-electron chi connectivity index (χ3n) is 1.87. The van der Waals surface area contributed by atoms with Crippen LogP contribution in [0.1, 0.15) is 26.3 Å². The fourth-order valence-electron chi connectivity index (χ4n) is 0.992. The first-order valence-electron chi connectivity index (χ1n) is 4.81. The minimum absolute atomic E-state index is 0.119. The molecule has 0 aliphatic rings. The standard InChI is InChI=1S/C12H15FO2/c1-12(2,3)11(14)15-8-9-5-4-6-10(13)7-9/h4-7H,8H2,1-3H3. The van der Waals surface area contributed by atoms with Gasteiger partial charge in [0.05, 0.1) is 5.41 Å². The molecule has 0 heterocycles. The van der Waals surface area contributed by atoms with Crippen LogP contribution < -0.4 is 0 Å². The zero-order valence-electron chi connectivity index (χ0n) is 9.21. The van der Waals surface area contributed by atoms with Crippen LogP contribution in [0.15, 0.2) is 24.3 Å². The SMILES string of the molecule is CC(C)(C)C(=O)OCc1cccc(F)c1. The summed E-state index contributed by atoms with van der Waals surface area (Å²) in [5.74, 6) is -0.605. The van der Waals surface area contributed by atoms with Crippen LogP contribution in [-0.2, 0) is 16.1 Å². The first kappa shape index (κ1) is 11.7. The van der Waals surface area contributed by atoms with Crippen LogP contribution in [0.3, 0.4) is 0 Å². The Morgan fingerprint density at radius 3 is 2.60 bits per heavy atom. The molecule has 0 spiro atoms. The molecule has 2 nitrogen and oxygen atoms in total. The number of benzene rings is 1. The van der Waals surface area contributed by atoms with Crippen molar-refractivity contribution in [2.24, 2.45) is 5.41 Å². The number of ether oxygens (including phenoxy) is 1. The highest BCUT2D eigenvalue weighted by Gasteiger charge is 2.22. The topological polar surface area (TPSA) is 26.3 Å². The quantitative estimate of drug-likeness (QED) is 0.701. The Balaban J connectivity index is 2.55. The smallest absolute Gasteiger partial charge is 0.311 e. The molecule has 1 aromatic rings. The lowest BCUT2D eigenvalue weighted by atomic mass is 9.97. The summed E-state index contributed by atoms with van der Waals surface area (Å²) in [7, 11) is 0. The molecule has 0 N–H and O–H groups in total. The van der Waals surface area contributed by atoms with Crippen molar-refractivity contribution in [2.45, 2.75) is 27.4 Å². The third-order valence-corrected chi connectivity index (χ3v) is 1.87. The van der Waals surface area contributed by atoms with E-state index in [0.717, 1.165) is 0 Å². The third kappa shape index (κ3) is 3.70. The van der Waals surface area contributed by atoms with Gasteiger partial charge in [-0.2, -0.15) is 0 Å². The van der Waals surface area contributed by atoms with E-state index in [1.165, 1.54) is 12.1 Å². The Hall–Kier alpha value is -1.38. The molecule has 0 bridgehead atoms. The maximum Gasteiger partial charge on any atom is 0.311 e. The average Bonchev–Trinajstić information content (AvgIpc) is 2.12. The highest BCUT2D eigenvalue weighted by molar-refractivity contribution is 5.75. The maximum absolute atomic E-state index is 12.8. The molecule has 0 atom stereocenters. The van der Waals surface area contributed by atoms with Crippen LogP contribution in [-0.4, -0.2) is 5.97 Å². The second-order valence-electron chi connectivity index (χ2n) is 4.46. The summed E-state index contributed by atoms with van der Waals surface area (Å²) < 4.78 is 17.8. The lowest BCUT2D eigenvalue weighted by Crippen LogP contribution is -2.22. The van der Waals surface area contributed by atoms with Crippen LogP contribution in [0.2, 0.25) is 0 Å². The number of rotatable bonds is 2. The fraction of sp³-hybridized carbons (Fsp3) is 0.417. The van der Waals surface area contributed by atoms with Crippen LogP contribution in [0.25, 0.3) is 0 Å². The fourth-order valence-corrected chi connectivity index (χ4v) is 0.992. The van der Waals surface area contributed by atoms with Gasteiger partial charge in [-0.3, -0.25) is 4.79 Å². The summed E-state index contributed by atoms with van der Waals surface area (Å²) in [6.45, 7) is 5.45. The normalized spacial score (nSPS) is 11.2. The van der Waals surface area contributed by atoms with Gasteiger partial charge in [-0.1, -0.05) is 12.1 Å². The van der Waals surface area contributed by atoms with Gasteiger partial charge in [0, 0.05) is 0 Å². The second-order valence-corrected chi connectivity index (χ2v) is 4.46. The molecule has 1 rings (SSSR count). The van der Waals surface area contributed by atoms with E-state index in [-0.39, 0.29) is 18.4 Å². The Kier molecular flexibility index (Phi) is 3.45. The van der Waals surface area contributed by atoms with Crippen LogP contribution in [0.5, 0.6) is 0 Å². The molecule has 3 heteroatoms. The molecule has 0 saturated carbocycles. The van der Waals surface area contributed by atoms with E-state index in [1.807, 2.05) is 0 Å². The molecule has 0 fully saturated rings. The molecule has 0 amide bonds. The Morgan fingerprint density at radius 1 is 1.40 bits per heavy atom. The van der Waals surface area contributed by atoms with Gasteiger partial charge in [-0.15, -0.1) is 0 Å². The van der Waals surface area contributed by atoms with E-state index in [9.17, 15) is 9.18 Å². The molecular formula is C12H15FO2. The molecule has 0 radical (unpaired) electrons. The molecule has 0 unspecified atom stereocenters. The van der Waals surface area contributed by atoms with Crippen LogP contribution >= 0.6 is 0 Å². The predicted octanol–water partition coefficient (Wildman–Crippen LogP) is 2.92. The van der Waals surface area contributed by atoms with Gasteiger partial charge in [-0.25, -0.2) is 4.39 Å². The van der Waals surface area contributed by atoms with Gasteiger partial charge in [0.25, 0.3) is 0 Å². The lowest BCUT2D eigenvalue weighted by Gasteiger charge is -2.16. The number of halogens is 1. The Labute approximate surface area is 89.1 Å². The van der Waals surface area contributed by atoms with Gasteiger partial charge in [0.1, 0.15) is 12.4 Å². The summed E-state index contributed by atoms with van der Waals surface area (Å²) in [6.07, 6.45) is 0. The van der Waals surface area contributed by atoms with Crippen molar-refractivity contribution in [1.82, 2.24) is 0 Å². The molecule has 1 aromatic carbocycles. The molecule has 0 saturated heterocycles. The first-order valence-corrected chi connectivity index (χ1v) is 4.81. The zero-order valence-corrected chi connectivity index (χ0v) is 9.21. The summed E-state index contributed by atoms with van der Waals surface area (Å²) in [5, 5.41) is 0. The number of carbonyl (C=O) groups is 1. The molecule has 0 aromatic heterocycles.